The number of nitrogens with zero attached hydrogens (tertiary/aromatic N) is 4. The highest BCUT2D eigenvalue weighted by Crippen LogP contribution is 2.34. The van der Waals surface area contributed by atoms with Gasteiger partial charge in [-0.05, 0) is 45.2 Å². The molecule has 2 aliphatic heterocycles. The van der Waals surface area contributed by atoms with Gasteiger partial charge in [0.2, 0.25) is 0 Å². The zero-order valence-corrected chi connectivity index (χ0v) is 21.6. The molecule has 36 heavy (non-hydrogen) atoms. The molecule has 0 aliphatic carbocycles. The van der Waals surface area contributed by atoms with E-state index in [-0.39, 0.29) is 18.0 Å². The Morgan fingerprint density at radius 2 is 1.81 bits per heavy atom. The number of aliphatic hydroxyl groups excluding tert-OH is 1. The lowest BCUT2D eigenvalue weighted by Gasteiger charge is -2.52. The summed E-state index contributed by atoms with van der Waals surface area (Å²) in [5, 5.41) is 10.8. The van der Waals surface area contributed by atoms with Crippen molar-refractivity contribution < 1.29 is 32.1 Å². The summed E-state index contributed by atoms with van der Waals surface area (Å²) in [4.78, 5) is 10.1. The quantitative estimate of drug-likeness (QED) is 0.272. The molecule has 2 saturated heterocycles. The monoisotopic (exact) mass is 520 g/mol. The molecule has 1 unspecified atom stereocenters. The maximum atomic E-state index is 13.6. The first-order valence-electron chi connectivity index (χ1n) is 12.7. The molecule has 1 atom stereocenters. The molecule has 0 amide bonds. The van der Waals surface area contributed by atoms with Gasteiger partial charge in [0.15, 0.2) is 0 Å². The number of aliphatic hydroxyl groups is 1. The van der Waals surface area contributed by atoms with Gasteiger partial charge in [-0.15, -0.1) is 0 Å². The molecule has 1 aromatic rings. The predicted molar refractivity (Wildman–Crippen MR) is 130 cm³/mol. The van der Waals surface area contributed by atoms with Crippen molar-refractivity contribution in [3.05, 3.63) is 23.9 Å². The van der Waals surface area contributed by atoms with Crippen molar-refractivity contribution >= 4 is 5.82 Å². The molecular weight excluding hydrogens is 480 g/mol. The fourth-order valence-corrected chi connectivity index (χ4v) is 4.90. The van der Waals surface area contributed by atoms with Gasteiger partial charge in [-0.2, -0.15) is 13.2 Å². The maximum absolute atomic E-state index is 13.6. The molecular formula is C25H40F4N4O3. The zero-order valence-electron chi connectivity index (χ0n) is 21.6. The summed E-state index contributed by atoms with van der Waals surface area (Å²) < 4.78 is 64.7. The molecule has 1 N–H and O–H groups in total. The molecule has 0 saturated carbocycles. The molecule has 7 nitrogen and oxygen atoms in total. The van der Waals surface area contributed by atoms with E-state index in [2.05, 4.69) is 14.8 Å². The van der Waals surface area contributed by atoms with E-state index in [1.54, 1.807) is 11.8 Å². The number of alkyl halides is 4. The van der Waals surface area contributed by atoms with Crippen LogP contribution in [-0.4, -0.2) is 103 Å². The first-order valence-corrected chi connectivity index (χ1v) is 12.7. The Morgan fingerprint density at radius 1 is 1.14 bits per heavy atom. The molecule has 3 rings (SSSR count). The number of hydrogen-bond donors (Lipinski definition) is 1. The van der Waals surface area contributed by atoms with Gasteiger partial charge in [0.1, 0.15) is 23.4 Å². The van der Waals surface area contributed by atoms with Crippen LogP contribution in [0.2, 0.25) is 0 Å². The van der Waals surface area contributed by atoms with Crippen LogP contribution in [0.15, 0.2) is 18.2 Å². The number of pyridine rings is 1. The lowest BCUT2D eigenvalue weighted by atomic mass is 9.86. The normalized spacial score (nSPS) is 20.9. The Balaban J connectivity index is 1.71. The van der Waals surface area contributed by atoms with Crippen molar-refractivity contribution in [2.75, 3.05) is 70.6 Å². The topological polar surface area (TPSA) is 61.3 Å². The third-order valence-corrected chi connectivity index (χ3v) is 6.97. The van der Waals surface area contributed by atoms with E-state index in [0.29, 0.717) is 45.6 Å². The zero-order chi connectivity index (χ0) is 26.4. The van der Waals surface area contributed by atoms with Crippen molar-refractivity contribution in [1.29, 1.82) is 0 Å². The van der Waals surface area contributed by atoms with Gasteiger partial charge in [0, 0.05) is 58.0 Å². The van der Waals surface area contributed by atoms with Crippen LogP contribution in [0, 0.1) is 0 Å². The molecule has 2 fully saturated rings. The van der Waals surface area contributed by atoms with Crippen LogP contribution in [0.25, 0.3) is 0 Å². The van der Waals surface area contributed by atoms with Gasteiger partial charge in [-0.25, -0.2) is 9.37 Å². The SMILES string of the molecule is CCC(O)N(CC1(N2CCN(CCOCC(C)(C)F)CC2)CCOCC1)c1cccc(C(F)(F)F)n1. The summed E-state index contributed by atoms with van der Waals surface area (Å²) in [5.41, 5.74) is -2.68. The average molecular weight is 521 g/mol. The first-order chi connectivity index (χ1) is 16.9. The minimum absolute atomic E-state index is 0.0647. The molecule has 0 radical (unpaired) electrons. The average Bonchev–Trinajstić information content (AvgIpc) is 2.85. The third-order valence-electron chi connectivity index (χ3n) is 6.97. The van der Waals surface area contributed by atoms with E-state index < -0.39 is 23.8 Å². The van der Waals surface area contributed by atoms with E-state index in [4.69, 9.17) is 9.47 Å². The fraction of sp³-hybridized carbons (Fsp3) is 0.800. The highest BCUT2D eigenvalue weighted by atomic mass is 19.4. The van der Waals surface area contributed by atoms with Crippen molar-refractivity contribution in [3.8, 4) is 0 Å². The van der Waals surface area contributed by atoms with Crippen molar-refractivity contribution in [2.24, 2.45) is 0 Å². The Kier molecular flexibility index (Phi) is 9.95. The lowest BCUT2D eigenvalue weighted by molar-refractivity contribution is -0.141. The molecule has 1 aromatic heterocycles. The molecule has 0 bridgehead atoms. The largest absolute Gasteiger partial charge is 0.433 e. The van der Waals surface area contributed by atoms with Crippen molar-refractivity contribution in [1.82, 2.24) is 14.8 Å². The molecule has 11 heteroatoms. The summed E-state index contributed by atoms with van der Waals surface area (Å²) in [5.74, 6) is 0.122. The van der Waals surface area contributed by atoms with Crippen LogP contribution in [0.3, 0.4) is 0 Å². The van der Waals surface area contributed by atoms with Gasteiger partial charge in [0.05, 0.1) is 13.2 Å². The highest BCUT2D eigenvalue weighted by Gasteiger charge is 2.43. The van der Waals surface area contributed by atoms with Gasteiger partial charge in [-0.3, -0.25) is 9.80 Å². The smallest absolute Gasteiger partial charge is 0.381 e. The first kappa shape index (κ1) is 29.0. The Bertz CT molecular complexity index is 807. The lowest BCUT2D eigenvalue weighted by Crippen LogP contribution is -2.64. The standard InChI is InChI=1S/C25H40F4N4O3/c1-4-22(34)33(21-7-5-6-20(30-21)25(27,28)29)18-24(8-15-35-16-9-24)32-12-10-31(11-13-32)14-17-36-19-23(2,3)26/h5-7,22,34H,4,8-19H2,1-3H3. The summed E-state index contributed by atoms with van der Waals surface area (Å²) in [6, 6.07) is 3.81. The van der Waals surface area contributed by atoms with Crippen LogP contribution in [0.1, 0.15) is 45.7 Å². The van der Waals surface area contributed by atoms with Crippen molar-refractivity contribution in [3.63, 3.8) is 0 Å². The van der Waals surface area contributed by atoms with Crippen LogP contribution in [0.4, 0.5) is 23.4 Å². The predicted octanol–water partition coefficient (Wildman–Crippen LogP) is 3.57. The maximum Gasteiger partial charge on any atom is 0.433 e. The minimum Gasteiger partial charge on any atom is -0.381 e. The van der Waals surface area contributed by atoms with Crippen LogP contribution in [-0.2, 0) is 15.7 Å². The molecule has 3 heterocycles. The summed E-state index contributed by atoms with van der Waals surface area (Å²) >= 11 is 0. The van der Waals surface area contributed by atoms with E-state index in [1.807, 2.05) is 0 Å². The van der Waals surface area contributed by atoms with Gasteiger partial charge < -0.3 is 19.5 Å². The van der Waals surface area contributed by atoms with Crippen LogP contribution in [0.5, 0.6) is 0 Å². The number of hydrogen-bond acceptors (Lipinski definition) is 7. The second-order valence-electron chi connectivity index (χ2n) is 10.3. The van der Waals surface area contributed by atoms with Gasteiger partial charge in [-0.1, -0.05) is 13.0 Å². The van der Waals surface area contributed by atoms with Crippen molar-refractivity contribution in [2.45, 2.75) is 63.6 Å². The van der Waals surface area contributed by atoms with Crippen LogP contribution >= 0.6 is 0 Å². The third kappa shape index (κ3) is 7.98. The number of ether oxygens (including phenoxy) is 2. The minimum atomic E-state index is -4.56. The number of halogens is 4. The summed E-state index contributed by atoms with van der Waals surface area (Å²) in [6.07, 6.45) is -3.73. The molecule has 2 aliphatic rings. The van der Waals surface area contributed by atoms with E-state index in [0.717, 1.165) is 38.8 Å². The molecule has 0 spiro atoms. The summed E-state index contributed by atoms with van der Waals surface area (Å²) in [7, 11) is 0. The van der Waals surface area contributed by atoms with E-state index in [9.17, 15) is 22.7 Å². The Hall–Kier alpha value is -1.53. The second-order valence-corrected chi connectivity index (χ2v) is 10.3. The second kappa shape index (κ2) is 12.3. The summed E-state index contributed by atoms with van der Waals surface area (Å²) in [6.45, 7) is 10.7. The fourth-order valence-electron chi connectivity index (χ4n) is 4.90. The van der Waals surface area contributed by atoms with Crippen LogP contribution < -0.4 is 4.90 Å². The molecule has 206 valence electrons. The Morgan fingerprint density at radius 3 is 2.39 bits per heavy atom. The number of anilines is 1. The van der Waals surface area contributed by atoms with E-state index >= 15 is 0 Å². The molecule has 0 aromatic carbocycles. The van der Waals surface area contributed by atoms with Gasteiger partial charge in [0.25, 0.3) is 0 Å². The number of aromatic nitrogens is 1. The van der Waals surface area contributed by atoms with E-state index in [1.165, 1.54) is 26.0 Å². The highest BCUT2D eigenvalue weighted by molar-refractivity contribution is 5.41. The number of piperazine rings is 1. The Labute approximate surface area is 211 Å². The van der Waals surface area contributed by atoms with Gasteiger partial charge >= 0.3 is 6.18 Å². The number of rotatable bonds is 11.